The number of hydrogen-bond donors (Lipinski definition) is 1. The highest BCUT2D eigenvalue weighted by Crippen LogP contribution is 2.33. The number of fused-ring (bicyclic) bond motifs is 1. The third kappa shape index (κ3) is 2.60. The van der Waals surface area contributed by atoms with Gasteiger partial charge in [-0.1, -0.05) is 19.1 Å². The average Bonchev–Trinajstić information content (AvgIpc) is 2.96. The van der Waals surface area contributed by atoms with E-state index < -0.39 is 0 Å². The standard InChI is InChI=1S/C17H21N3O2/c1-12-10-19(2)14-5-3-4-6-15(14)20(11-12)17(21)16-8-7-13(9-18)22-16/h3-8,12H,9-11,18H2,1-2H3. The molecule has 2 aromatic rings. The molecule has 22 heavy (non-hydrogen) atoms. The molecule has 1 aromatic carbocycles. The molecule has 2 N–H and O–H groups in total. The molecule has 0 aliphatic carbocycles. The quantitative estimate of drug-likeness (QED) is 0.925. The Balaban J connectivity index is 2.00. The minimum absolute atomic E-state index is 0.116. The topological polar surface area (TPSA) is 62.7 Å². The smallest absolute Gasteiger partial charge is 0.294 e. The lowest BCUT2D eigenvalue weighted by Gasteiger charge is -2.23. The van der Waals surface area contributed by atoms with E-state index in [1.165, 1.54) is 0 Å². The lowest BCUT2D eigenvalue weighted by Crippen LogP contribution is -2.34. The van der Waals surface area contributed by atoms with Crippen LogP contribution in [0.4, 0.5) is 11.4 Å². The molecule has 1 unspecified atom stereocenters. The third-order valence-electron chi connectivity index (χ3n) is 3.98. The molecule has 0 bridgehead atoms. The third-order valence-corrected chi connectivity index (χ3v) is 3.98. The van der Waals surface area contributed by atoms with Gasteiger partial charge in [-0.25, -0.2) is 0 Å². The molecule has 1 amide bonds. The normalized spacial score (nSPS) is 18.0. The van der Waals surface area contributed by atoms with E-state index in [0.717, 1.165) is 17.9 Å². The molecule has 5 nitrogen and oxygen atoms in total. The number of nitrogens with zero attached hydrogens (tertiary/aromatic N) is 2. The number of benzene rings is 1. The minimum atomic E-state index is -0.116. The SMILES string of the molecule is CC1CN(C)c2ccccc2N(C(=O)c2ccc(CN)o2)C1. The van der Waals surface area contributed by atoms with Crippen LogP contribution in [0.3, 0.4) is 0 Å². The highest BCUT2D eigenvalue weighted by molar-refractivity contribution is 6.06. The van der Waals surface area contributed by atoms with E-state index in [-0.39, 0.29) is 5.91 Å². The maximum Gasteiger partial charge on any atom is 0.294 e. The summed E-state index contributed by atoms with van der Waals surface area (Å²) in [6.07, 6.45) is 0. The molecule has 1 aromatic heterocycles. The summed E-state index contributed by atoms with van der Waals surface area (Å²) in [5.41, 5.74) is 7.54. The second-order valence-corrected chi connectivity index (χ2v) is 5.86. The van der Waals surface area contributed by atoms with E-state index in [1.807, 2.05) is 29.2 Å². The zero-order valence-corrected chi connectivity index (χ0v) is 13.0. The predicted molar refractivity (Wildman–Crippen MR) is 87.2 cm³/mol. The van der Waals surface area contributed by atoms with Crippen molar-refractivity contribution in [1.82, 2.24) is 0 Å². The molecule has 0 saturated carbocycles. The number of amides is 1. The van der Waals surface area contributed by atoms with Gasteiger partial charge in [-0.15, -0.1) is 0 Å². The van der Waals surface area contributed by atoms with E-state index in [2.05, 4.69) is 18.9 Å². The molecule has 0 fully saturated rings. The molecule has 0 saturated heterocycles. The second kappa shape index (κ2) is 5.85. The van der Waals surface area contributed by atoms with E-state index in [4.69, 9.17) is 10.2 Å². The first-order chi connectivity index (χ1) is 10.6. The lowest BCUT2D eigenvalue weighted by atomic mass is 10.1. The van der Waals surface area contributed by atoms with Crippen molar-refractivity contribution in [3.63, 3.8) is 0 Å². The highest BCUT2D eigenvalue weighted by Gasteiger charge is 2.28. The van der Waals surface area contributed by atoms with E-state index in [9.17, 15) is 4.79 Å². The Hall–Kier alpha value is -2.27. The fourth-order valence-electron chi connectivity index (χ4n) is 2.98. The summed E-state index contributed by atoms with van der Waals surface area (Å²) in [5.74, 6) is 1.21. The Kier molecular flexibility index (Phi) is 3.90. The molecular weight excluding hydrogens is 278 g/mol. The molecule has 2 heterocycles. The van der Waals surface area contributed by atoms with Crippen LogP contribution in [-0.4, -0.2) is 26.0 Å². The number of hydrogen-bond acceptors (Lipinski definition) is 4. The fourth-order valence-corrected chi connectivity index (χ4v) is 2.98. The van der Waals surface area contributed by atoms with Crippen LogP contribution in [0.15, 0.2) is 40.8 Å². The van der Waals surface area contributed by atoms with Gasteiger partial charge in [0.25, 0.3) is 5.91 Å². The number of rotatable bonds is 2. The predicted octanol–water partition coefficient (Wildman–Crippen LogP) is 2.47. The molecule has 3 rings (SSSR count). The first kappa shape index (κ1) is 14.7. The first-order valence-corrected chi connectivity index (χ1v) is 7.51. The van der Waals surface area contributed by atoms with Crippen LogP contribution < -0.4 is 15.5 Å². The summed E-state index contributed by atoms with van der Waals surface area (Å²) in [6, 6.07) is 11.4. The van der Waals surface area contributed by atoms with Gasteiger partial charge in [0.15, 0.2) is 5.76 Å². The van der Waals surface area contributed by atoms with Gasteiger partial charge in [0.05, 0.1) is 17.9 Å². The van der Waals surface area contributed by atoms with Crippen molar-refractivity contribution in [3.8, 4) is 0 Å². The van der Waals surface area contributed by atoms with Gasteiger partial charge >= 0.3 is 0 Å². The Labute approximate surface area is 130 Å². The summed E-state index contributed by atoms with van der Waals surface area (Å²) in [7, 11) is 2.06. The number of anilines is 2. The Bertz CT molecular complexity index is 680. The largest absolute Gasteiger partial charge is 0.455 e. The number of furan rings is 1. The monoisotopic (exact) mass is 299 g/mol. The number of para-hydroxylation sites is 2. The van der Waals surface area contributed by atoms with E-state index >= 15 is 0 Å². The van der Waals surface area contributed by atoms with Crippen molar-refractivity contribution in [2.75, 3.05) is 29.9 Å². The van der Waals surface area contributed by atoms with Crippen molar-refractivity contribution < 1.29 is 9.21 Å². The maximum absolute atomic E-state index is 12.9. The van der Waals surface area contributed by atoms with Gasteiger partial charge in [0, 0.05) is 20.1 Å². The van der Waals surface area contributed by atoms with Crippen molar-refractivity contribution in [1.29, 1.82) is 0 Å². The molecule has 1 aliphatic heterocycles. The minimum Gasteiger partial charge on any atom is -0.455 e. The van der Waals surface area contributed by atoms with Crippen molar-refractivity contribution in [2.45, 2.75) is 13.5 Å². The van der Waals surface area contributed by atoms with Gasteiger partial charge < -0.3 is 20.0 Å². The summed E-state index contributed by atoms with van der Waals surface area (Å²) < 4.78 is 5.54. The average molecular weight is 299 g/mol. The van der Waals surface area contributed by atoms with Gasteiger partial charge in [0.1, 0.15) is 5.76 Å². The van der Waals surface area contributed by atoms with Crippen molar-refractivity contribution >= 4 is 17.3 Å². The van der Waals surface area contributed by atoms with Gasteiger partial charge in [-0.05, 0) is 30.2 Å². The van der Waals surface area contributed by atoms with Crippen LogP contribution >= 0.6 is 0 Å². The maximum atomic E-state index is 12.9. The van der Waals surface area contributed by atoms with Crippen LogP contribution in [-0.2, 0) is 6.54 Å². The van der Waals surface area contributed by atoms with E-state index in [1.54, 1.807) is 12.1 Å². The molecule has 0 spiro atoms. The van der Waals surface area contributed by atoms with Crippen LogP contribution in [0.25, 0.3) is 0 Å². The molecule has 5 heteroatoms. The fraction of sp³-hybridized carbons (Fsp3) is 0.353. The lowest BCUT2D eigenvalue weighted by molar-refractivity contribution is 0.0956. The van der Waals surface area contributed by atoms with Crippen molar-refractivity contribution in [3.05, 3.63) is 47.9 Å². The molecule has 1 aliphatic rings. The van der Waals surface area contributed by atoms with Crippen LogP contribution in [0.2, 0.25) is 0 Å². The van der Waals surface area contributed by atoms with Crippen LogP contribution in [0.5, 0.6) is 0 Å². The summed E-state index contributed by atoms with van der Waals surface area (Å²) >= 11 is 0. The van der Waals surface area contributed by atoms with Gasteiger partial charge in [-0.2, -0.15) is 0 Å². The Morgan fingerprint density at radius 2 is 1.95 bits per heavy atom. The number of nitrogens with two attached hydrogens (primary N) is 1. The van der Waals surface area contributed by atoms with Crippen molar-refractivity contribution in [2.24, 2.45) is 11.7 Å². The van der Waals surface area contributed by atoms with Gasteiger partial charge in [0.2, 0.25) is 0 Å². The second-order valence-electron chi connectivity index (χ2n) is 5.86. The zero-order chi connectivity index (χ0) is 15.7. The van der Waals surface area contributed by atoms with E-state index in [0.29, 0.717) is 30.5 Å². The zero-order valence-electron chi connectivity index (χ0n) is 13.0. The summed E-state index contributed by atoms with van der Waals surface area (Å²) in [4.78, 5) is 16.9. The number of carbonyl (C=O) groups excluding carboxylic acids is 1. The summed E-state index contributed by atoms with van der Waals surface area (Å²) in [6.45, 7) is 4.02. The molecule has 1 atom stereocenters. The Morgan fingerprint density at radius 1 is 1.23 bits per heavy atom. The first-order valence-electron chi connectivity index (χ1n) is 7.51. The molecule has 116 valence electrons. The van der Waals surface area contributed by atoms with Crippen LogP contribution in [0.1, 0.15) is 23.2 Å². The molecular formula is C17H21N3O2. The van der Waals surface area contributed by atoms with Crippen LogP contribution in [0, 0.1) is 5.92 Å². The number of carbonyl (C=O) groups is 1. The highest BCUT2D eigenvalue weighted by atomic mass is 16.4. The van der Waals surface area contributed by atoms with Gasteiger partial charge in [-0.3, -0.25) is 4.79 Å². The molecule has 0 radical (unpaired) electrons. The Morgan fingerprint density at radius 3 is 2.64 bits per heavy atom. The summed E-state index contributed by atoms with van der Waals surface area (Å²) in [5, 5.41) is 0.